The first-order chi connectivity index (χ1) is 5.11. The Balaban J connectivity index is 3.13. The van der Waals surface area contributed by atoms with Crippen molar-refractivity contribution >= 4 is 28.9 Å². The van der Waals surface area contributed by atoms with Crippen LogP contribution in [0.2, 0.25) is 10.0 Å². The van der Waals surface area contributed by atoms with E-state index in [-0.39, 0.29) is 0 Å². The maximum Gasteiger partial charge on any atom is 0.0640 e. The van der Waals surface area contributed by atoms with E-state index in [0.717, 1.165) is 10.7 Å². The molecule has 0 saturated heterocycles. The fourth-order valence-electron chi connectivity index (χ4n) is 0.829. The van der Waals surface area contributed by atoms with Gasteiger partial charge in [0.1, 0.15) is 0 Å². The van der Waals surface area contributed by atoms with Gasteiger partial charge in [-0.25, -0.2) is 0 Å². The van der Waals surface area contributed by atoms with Crippen LogP contribution in [0.4, 0.5) is 5.69 Å². The number of rotatable bonds is 1. The molecule has 0 unspecified atom stereocenters. The van der Waals surface area contributed by atoms with Gasteiger partial charge in [0.05, 0.1) is 10.7 Å². The number of hydrogen-bond donors (Lipinski definition) is 0. The first-order valence-corrected chi connectivity index (χ1v) is 3.99. The number of nitrogens with zero attached hydrogens (tertiary/aromatic N) is 1. The molecule has 0 aliphatic carbocycles. The van der Waals surface area contributed by atoms with E-state index in [1.807, 2.05) is 25.1 Å². The van der Waals surface area contributed by atoms with Crippen LogP contribution in [0.25, 0.3) is 0 Å². The summed E-state index contributed by atoms with van der Waals surface area (Å²) in [4.78, 5) is 1.92. The summed E-state index contributed by atoms with van der Waals surface area (Å²) in [7, 11) is 3.86. The van der Waals surface area contributed by atoms with Crippen LogP contribution in [0, 0.1) is 0 Å². The maximum atomic E-state index is 5.89. The van der Waals surface area contributed by atoms with E-state index in [9.17, 15) is 0 Å². The van der Waals surface area contributed by atoms with E-state index in [0.29, 0.717) is 5.02 Å². The standard InChI is InChI=1S/C8H9Cl2N/c1-11(2)8-5-6(9)3-4-7(8)10/h3-5H,1-2H3. The highest BCUT2D eigenvalue weighted by Gasteiger charge is 2.01. The van der Waals surface area contributed by atoms with Gasteiger partial charge < -0.3 is 4.90 Å². The summed E-state index contributed by atoms with van der Waals surface area (Å²) in [6.07, 6.45) is 0. The average Bonchev–Trinajstić information content (AvgIpc) is 1.94. The van der Waals surface area contributed by atoms with Gasteiger partial charge in [-0.2, -0.15) is 0 Å². The van der Waals surface area contributed by atoms with Crippen LogP contribution in [-0.4, -0.2) is 14.1 Å². The summed E-state index contributed by atoms with van der Waals surface area (Å²) in [6.45, 7) is 0. The molecule has 0 aromatic heterocycles. The van der Waals surface area contributed by atoms with E-state index in [1.54, 1.807) is 12.1 Å². The molecule has 0 amide bonds. The zero-order valence-corrected chi connectivity index (χ0v) is 7.95. The second-order valence-corrected chi connectivity index (χ2v) is 3.33. The zero-order valence-electron chi connectivity index (χ0n) is 6.44. The van der Waals surface area contributed by atoms with Crippen LogP contribution in [0.5, 0.6) is 0 Å². The monoisotopic (exact) mass is 189 g/mol. The lowest BCUT2D eigenvalue weighted by atomic mass is 10.3. The minimum absolute atomic E-state index is 0.707. The van der Waals surface area contributed by atoms with Gasteiger partial charge in [0, 0.05) is 19.1 Å². The molecule has 1 nitrogen and oxygen atoms in total. The molecule has 3 heteroatoms. The van der Waals surface area contributed by atoms with Crippen LogP contribution in [0.3, 0.4) is 0 Å². The Hall–Kier alpha value is -0.400. The second kappa shape index (κ2) is 3.33. The molecule has 0 fully saturated rings. The Morgan fingerprint density at radius 2 is 1.82 bits per heavy atom. The van der Waals surface area contributed by atoms with Crippen molar-refractivity contribution in [3.05, 3.63) is 28.2 Å². The van der Waals surface area contributed by atoms with E-state index in [1.165, 1.54) is 0 Å². The highest BCUT2D eigenvalue weighted by Crippen LogP contribution is 2.26. The van der Waals surface area contributed by atoms with Gasteiger partial charge in [-0.15, -0.1) is 0 Å². The van der Waals surface area contributed by atoms with Gasteiger partial charge in [-0.1, -0.05) is 23.2 Å². The summed E-state index contributed by atoms with van der Waals surface area (Å²) in [5.74, 6) is 0. The van der Waals surface area contributed by atoms with E-state index < -0.39 is 0 Å². The van der Waals surface area contributed by atoms with Gasteiger partial charge in [0.15, 0.2) is 0 Å². The summed E-state index contributed by atoms with van der Waals surface area (Å²) in [5, 5.41) is 1.43. The Morgan fingerprint density at radius 3 is 2.27 bits per heavy atom. The highest BCUT2D eigenvalue weighted by molar-refractivity contribution is 6.35. The van der Waals surface area contributed by atoms with Gasteiger partial charge in [0.2, 0.25) is 0 Å². The molecule has 0 bridgehead atoms. The first-order valence-electron chi connectivity index (χ1n) is 3.23. The lowest BCUT2D eigenvalue weighted by molar-refractivity contribution is 1.13. The molecule has 1 rings (SSSR count). The summed E-state index contributed by atoms with van der Waals surface area (Å²) < 4.78 is 0. The molecule has 0 N–H and O–H groups in total. The summed E-state index contributed by atoms with van der Waals surface area (Å²) in [6, 6.07) is 5.40. The summed E-state index contributed by atoms with van der Waals surface area (Å²) >= 11 is 11.7. The van der Waals surface area contributed by atoms with Crippen LogP contribution in [0.1, 0.15) is 0 Å². The SMILES string of the molecule is CN(C)c1cc(Cl)ccc1Cl. The number of anilines is 1. The molecule has 0 radical (unpaired) electrons. The van der Waals surface area contributed by atoms with Crippen molar-refractivity contribution in [1.82, 2.24) is 0 Å². The predicted octanol–water partition coefficient (Wildman–Crippen LogP) is 3.06. The molecule has 0 spiro atoms. The molecule has 11 heavy (non-hydrogen) atoms. The van der Waals surface area contributed by atoms with Crippen LogP contribution >= 0.6 is 23.2 Å². The summed E-state index contributed by atoms with van der Waals surface area (Å²) in [5.41, 5.74) is 0.944. The normalized spacial score (nSPS) is 9.82. The van der Waals surface area contributed by atoms with E-state index >= 15 is 0 Å². The molecule has 0 aliphatic rings. The van der Waals surface area contributed by atoms with Crippen LogP contribution in [0.15, 0.2) is 18.2 Å². The average molecular weight is 190 g/mol. The quantitative estimate of drug-likeness (QED) is 0.657. The third-order valence-corrected chi connectivity index (χ3v) is 1.94. The lowest BCUT2D eigenvalue weighted by Crippen LogP contribution is -2.08. The largest absolute Gasteiger partial charge is 0.376 e. The molecule has 0 atom stereocenters. The van der Waals surface area contributed by atoms with E-state index in [2.05, 4.69) is 0 Å². The maximum absolute atomic E-state index is 5.89. The van der Waals surface area contributed by atoms with Crippen LogP contribution in [-0.2, 0) is 0 Å². The van der Waals surface area contributed by atoms with E-state index in [4.69, 9.17) is 23.2 Å². The number of halogens is 2. The van der Waals surface area contributed by atoms with Gasteiger partial charge >= 0.3 is 0 Å². The molecule has 60 valence electrons. The minimum Gasteiger partial charge on any atom is -0.376 e. The van der Waals surface area contributed by atoms with Gasteiger partial charge in [0.25, 0.3) is 0 Å². The van der Waals surface area contributed by atoms with Gasteiger partial charge in [-0.3, -0.25) is 0 Å². The third-order valence-electron chi connectivity index (χ3n) is 1.39. The fraction of sp³-hybridized carbons (Fsp3) is 0.250. The Kier molecular flexibility index (Phi) is 2.63. The lowest BCUT2D eigenvalue weighted by Gasteiger charge is -2.13. The van der Waals surface area contributed by atoms with Crippen molar-refractivity contribution in [2.24, 2.45) is 0 Å². The first kappa shape index (κ1) is 8.69. The van der Waals surface area contributed by atoms with Crippen molar-refractivity contribution in [3.8, 4) is 0 Å². The predicted molar refractivity (Wildman–Crippen MR) is 50.8 cm³/mol. The second-order valence-electron chi connectivity index (χ2n) is 2.49. The Morgan fingerprint density at radius 1 is 1.18 bits per heavy atom. The topological polar surface area (TPSA) is 3.24 Å². The van der Waals surface area contributed by atoms with Crippen molar-refractivity contribution < 1.29 is 0 Å². The van der Waals surface area contributed by atoms with Crippen molar-refractivity contribution in [2.45, 2.75) is 0 Å². The number of hydrogen-bond acceptors (Lipinski definition) is 1. The third kappa shape index (κ3) is 2.01. The molecule has 0 aliphatic heterocycles. The molecule has 0 saturated carbocycles. The Bertz CT molecular complexity index is 258. The molecule has 0 heterocycles. The minimum atomic E-state index is 0.707. The molecular formula is C8H9Cl2N. The number of benzene rings is 1. The Labute approximate surface area is 76.5 Å². The van der Waals surface area contributed by atoms with Crippen molar-refractivity contribution in [1.29, 1.82) is 0 Å². The fourth-order valence-corrected chi connectivity index (χ4v) is 1.28. The smallest absolute Gasteiger partial charge is 0.0640 e. The molecular weight excluding hydrogens is 181 g/mol. The highest BCUT2D eigenvalue weighted by atomic mass is 35.5. The zero-order chi connectivity index (χ0) is 8.43. The van der Waals surface area contributed by atoms with Crippen LogP contribution < -0.4 is 4.90 Å². The van der Waals surface area contributed by atoms with Gasteiger partial charge in [-0.05, 0) is 18.2 Å². The van der Waals surface area contributed by atoms with Crippen molar-refractivity contribution in [3.63, 3.8) is 0 Å². The molecule has 1 aromatic carbocycles. The van der Waals surface area contributed by atoms with Crippen molar-refractivity contribution in [2.75, 3.05) is 19.0 Å². The molecule has 1 aromatic rings.